The molecule has 6 heteroatoms. The number of aryl methyl sites for hydroxylation is 1. The first-order chi connectivity index (χ1) is 7.52. The monoisotopic (exact) mass is 305 g/mol. The summed E-state index contributed by atoms with van der Waals surface area (Å²) in [6.07, 6.45) is 2.50. The van der Waals surface area contributed by atoms with Crippen molar-refractivity contribution in [3.05, 3.63) is 16.5 Å². The normalized spacial score (nSPS) is 14.5. The van der Waals surface area contributed by atoms with Crippen LogP contribution >= 0.6 is 15.9 Å². The zero-order chi connectivity index (χ0) is 12.1. The minimum Gasteiger partial charge on any atom is -0.369 e. The Hall–Kier alpha value is -0.490. The Morgan fingerprint density at radius 3 is 2.81 bits per heavy atom. The number of anilines is 1. The first-order valence-corrected chi connectivity index (χ1v) is 7.54. The average molecular weight is 306 g/mol. The van der Waals surface area contributed by atoms with E-state index < -0.39 is 10.8 Å². The molecule has 0 fully saturated rings. The molecule has 2 unspecified atom stereocenters. The van der Waals surface area contributed by atoms with E-state index in [1.165, 1.54) is 0 Å². The summed E-state index contributed by atoms with van der Waals surface area (Å²) >= 11 is 3.34. The third-order valence-electron chi connectivity index (χ3n) is 2.19. The van der Waals surface area contributed by atoms with Gasteiger partial charge in [0.25, 0.3) is 0 Å². The molecule has 2 atom stereocenters. The van der Waals surface area contributed by atoms with Gasteiger partial charge in [-0.25, -0.2) is 9.97 Å². The van der Waals surface area contributed by atoms with Gasteiger partial charge < -0.3 is 5.32 Å². The van der Waals surface area contributed by atoms with E-state index in [0.29, 0.717) is 6.54 Å². The molecule has 0 aliphatic heterocycles. The average Bonchev–Trinajstić information content (AvgIpc) is 2.24. The van der Waals surface area contributed by atoms with Crippen molar-refractivity contribution in [1.82, 2.24) is 9.97 Å². The molecule has 16 heavy (non-hydrogen) atoms. The summed E-state index contributed by atoms with van der Waals surface area (Å²) in [6.45, 7) is 4.60. The van der Waals surface area contributed by atoms with Crippen LogP contribution in [0.3, 0.4) is 0 Å². The Bertz CT molecular complexity index is 386. The van der Waals surface area contributed by atoms with Crippen molar-refractivity contribution in [3.8, 4) is 0 Å². The van der Waals surface area contributed by atoms with E-state index in [1.807, 2.05) is 19.9 Å². The lowest BCUT2D eigenvalue weighted by molar-refractivity contribution is 0.678. The van der Waals surface area contributed by atoms with Crippen LogP contribution in [0.2, 0.25) is 0 Å². The topological polar surface area (TPSA) is 54.9 Å². The van der Waals surface area contributed by atoms with Crippen LogP contribution in [-0.2, 0) is 17.2 Å². The number of hydrogen-bond acceptors (Lipinski definition) is 4. The van der Waals surface area contributed by atoms with Crippen molar-refractivity contribution in [2.45, 2.75) is 25.5 Å². The number of rotatable bonds is 5. The van der Waals surface area contributed by atoms with E-state index in [4.69, 9.17) is 0 Å². The maximum atomic E-state index is 11.2. The van der Waals surface area contributed by atoms with E-state index in [2.05, 4.69) is 31.2 Å². The zero-order valence-electron chi connectivity index (χ0n) is 9.66. The molecule has 1 rings (SSSR count). The van der Waals surface area contributed by atoms with Crippen molar-refractivity contribution in [2.24, 2.45) is 0 Å². The van der Waals surface area contributed by atoms with Crippen LogP contribution in [0.4, 0.5) is 5.82 Å². The smallest absolute Gasteiger partial charge is 0.131 e. The molecular weight excluding hydrogens is 290 g/mol. The highest BCUT2D eigenvalue weighted by molar-refractivity contribution is 9.10. The fourth-order valence-corrected chi connectivity index (χ4v) is 1.82. The highest BCUT2D eigenvalue weighted by Gasteiger charge is 2.07. The van der Waals surface area contributed by atoms with Crippen LogP contribution in [0.15, 0.2) is 10.7 Å². The number of nitrogens with one attached hydrogen (secondary N) is 1. The number of hydrogen-bond donors (Lipinski definition) is 1. The molecular formula is C10H16BrN3OS. The van der Waals surface area contributed by atoms with Gasteiger partial charge in [0.2, 0.25) is 0 Å². The summed E-state index contributed by atoms with van der Waals surface area (Å²) in [5.41, 5.74) is 0. The van der Waals surface area contributed by atoms with Crippen LogP contribution < -0.4 is 5.32 Å². The first-order valence-electron chi connectivity index (χ1n) is 5.12. The Labute approximate surface area is 107 Å². The van der Waals surface area contributed by atoms with Crippen LogP contribution in [0, 0.1) is 0 Å². The largest absolute Gasteiger partial charge is 0.369 e. The van der Waals surface area contributed by atoms with Gasteiger partial charge >= 0.3 is 0 Å². The van der Waals surface area contributed by atoms with Gasteiger partial charge in [0.05, 0.1) is 0 Å². The van der Waals surface area contributed by atoms with E-state index >= 15 is 0 Å². The molecule has 1 heterocycles. The van der Waals surface area contributed by atoms with E-state index in [0.717, 1.165) is 22.7 Å². The van der Waals surface area contributed by atoms with Gasteiger partial charge in [-0.15, -0.1) is 0 Å². The molecule has 0 saturated carbocycles. The predicted octanol–water partition coefficient (Wildman–Crippen LogP) is 1.98. The molecule has 0 spiro atoms. The molecule has 4 nitrogen and oxygen atoms in total. The number of aromatic nitrogens is 2. The second-order valence-electron chi connectivity index (χ2n) is 3.54. The lowest BCUT2D eigenvalue weighted by Gasteiger charge is -2.11. The van der Waals surface area contributed by atoms with Gasteiger partial charge in [-0.1, -0.05) is 6.92 Å². The Balaban J connectivity index is 2.66. The summed E-state index contributed by atoms with van der Waals surface area (Å²) in [7, 11) is -0.814. The zero-order valence-corrected chi connectivity index (χ0v) is 12.1. The Morgan fingerprint density at radius 1 is 1.56 bits per heavy atom. The summed E-state index contributed by atoms with van der Waals surface area (Å²) in [4.78, 5) is 8.55. The molecule has 1 aromatic heterocycles. The van der Waals surface area contributed by atoms with Gasteiger partial charge in [0.15, 0.2) is 0 Å². The van der Waals surface area contributed by atoms with Crippen molar-refractivity contribution in [3.63, 3.8) is 0 Å². The fourth-order valence-electron chi connectivity index (χ4n) is 1.08. The van der Waals surface area contributed by atoms with Crippen LogP contribution in [0.5, 0.6) is 0 Å². The van der Waals surface area contributed by atoms with Crippen molar-refractivity contribution >= 4 is 32.5 Å². The minimum atomic E-state index is -0.814. The van der Waals surface area contributed by atoms with Gasteiger partial charge in [-0.2, -0.15) is 0 Å². The summed E-state index contributed by atoms with van der Waals surface area (Å²) in [6, 6.07) is 1.82. The standard InChI is InChI=1S/C10H16BrN3OS/c1-4-9-13-8(11)5-10(14-9)12-6-7(2)16(3)15/h5,7H,4,6H2,1-3H3,(H,12,13,14). The lowest BCUT2D eigenvalue weighted by atomic mass is 10.4. The summed E-state index contributed by atoms with van der Waals surface area (Å²) in [5, 5.41) is 3.28. The van der Waals surface area contributed by atoms with Gasteiger partial charge in [-0.3, -0.25) is 4.21 Å². The van der Waals surface area contributed by atoms with Gasteiger partial charge in [0.1, 0.15) is 16.2 Å². The van der Waals surface area contributed by atoms with Gasteiger partial charge in [0, 0.05) is 41.3 Å². The van der Waals surface area contributed by atoms with Crippen LogP contribution in [0.1, 0.15) is 19.7 Å². The number of nitrogens with zero attached hydrogens (tertiary/aromatic N) is 2. The minimum absolute atomic E-state index is 0.110. The predicted molar refractivity (Wildman–Crippen MR) is 71.1 cm³/mol. The maximum Gasteiger partial charge on any atom is 0.131 e. The molecule has 90 valence electrons. The molecule has 0 saturated heterocycles. The molecule has 0 bridgehead atoms. The molecule has 0 amide bonds. The summed E-state index contributed by atoms with van der Waals surface area (Å²) < 4.78 is 12.0. The molecule has 0 radical (unpaired) electrons. The number of halogens is 1. The van der Waals surface area contributed by atoms with E-state index in [1.54, 1.807) is 6.26 Å². The van der Waals surface area contributed by atoms with Gasteiger partial charge in [-0.05, 0) is 22.9 Å². The Kier molecular flexibility index (Phi) is 5.34. The van der Waals surface area contributed by atoms with Crippen LogP contribution in [0.25, 0.3) is 0 Å². The second-order valence-corrected chi connectivity index (χ2v) is 6.15. The fraction of sp³-hybridized carbons (Fsp3) is 0.600. The lowest BCUT2D eigenvalue weighted by Crippen LogP contribution is -2.21. The first kappa shape index (κ1) is 13.6. The SMILES string of the molecule is CCc1nc(Br)cc(NCC(C)S(C)=O)n1. The molecule has 1 N–H and O–H groups in total. The molecule has 0 aliphatic rings. The quantitative estimate of drug-likeness (QED) is 0.845. The molecule has 1 aromatic rings. The highest BCUT2D eigenvalue weighted by Crippen LogP contribution is 2.12. The van der Waals surface area contributed by atoms with E-state index in [-0.39, 0.29) is 5.25 Å². The molecule has 0 aromatic carbocycles. The maximum absolute atomic E-state index is 11.2. The van der Waals surface area contributed by atoms with E-state index in [9.17, 15) is 4.21 Å². The van der Waals surface area contributed by atoms with Crippen molar-refractivity contribution in [1.29, 1.82) is 0 Å². The third kappa shape index (κ3) is 4.17. The molecule has 0 aliphatic carbocycles. The third-order valence-corrected chi connectivity index (χ3v) is 3.90. The highest BCUT2D eigenvalue weighted by atomic mass is 79.9. The van der Waals surface area contributed by atoms with Crippen LogP contribution in [-0.4, -0.2) is 32.2 Å². The van der Waals surface area contributed by atoms with Crippen molar-refractivity contribution < 1.29 is 4.21 Å². The Morgan fingerprint density at radius 2 is 2.25 bits per heavy atom. The summed E-state index contributed by atoms with van der Waals surface area (Å²) in [5.74, 6) is 1.57. The van der Waals surface area contributed by atoms with Crippen molar-refractivity contribution in [2.75, 3.05) is 18.1 Å². The second kappa shape index (κ2) is 6.30.